The van der Waals surface area contributed by atoms with Crippen molar-refractivity contribution in [1.29, 1.82) is 0 Å². The van der Waals surface area contributed by atoms with Crippen molar-refractivity contribution < 1.29 is 8.83 Å². The Kier molecular flexibility index (Phi) is 6.35. The lowest BCUT2D eigenvalue weighted by atomic mass is 10.1. The van der Waals surface area contributed by atoms with Gasteiger partial charge in [0.15, 0.2) is 28.9 Å². The van der Waals surface area contributed by atoms with Crippen LogP contribution in [0, 0.1) is 0 Å². The molecule has 10 rings (SSSR count). The van der Waals surface area contributed by atoms with Crippen LogP contribution in [0.15, 0.2) is 160 Å². The van der Waals surface area contributed by atoms with E-state index in [4.69, 9.17) is 33.8 Å². The highest BCUT2D eigenvalue weighted by molar-refractivity contribution is 6.10. The maximum Gasteiger partial charge on any atom is 0.180 e. The molecular formula is C43H25N5O2. The third kappa shape index (κ3) is 4.64. The minimum Gasteiger partial charge on any atom is -0.455 e. The van der Waals surface area contributed by atoms with Gasteiger partial charge >= 0.3 is 0 Å². The molecule has 4 aromatic heterocycles. The second kappa shape index (κ2) is 11.3. The maximum absolute atomic E-state index is 6.67. The van der Waals surface area contributed by atoms with Crippen LogP contribution in [-0.2, 0) is 0 Å². The van der Waals surface area contributed by atoms with E-state index < -0.39 is 0 Å². The van der Waals surface area contributed by atoms with Crippen molar-refractivity contribution in [3.63, 3.8) is 0 Å². The summed E-state index contributed by atoms with van der Waals surface area (Å²) in [5, 5.41) is 2.89. The number of nitrogens with zero attached hydrogens (tertiary/aromatic N) is 5. The Bertz CT molecular complexity index is 2810. The first kappa shape index (κ1) is 28.1. The molecular weight excluding hydrogens is 619 g/mol. The molecule has 0 aliphatic heterocycles. The Morgan fingerprint density at radius 2 is 0.920 bits per heavy atom. The van der Waals surface area contributed by atoms with Gasteiger partial charge in [-0.2, -0.15) is 0 Å². The van der Waals surface area contributed by atoms with Crippen molar-refractivity contribution in [3.8, 4) is 56.8 Å². The van der Waals surface area contributed by atoms with Crippen LogP contribution in [-0.4, -0.2) is 24.9 Å². The van der Waals surface area contributed by atoms with Crippen LogP contribution >= 0.6 is 0 Å². The van der Waals surface area contributed by atoms with E-state index in [0.717, 1.165) is 60.8 Å². The van der Waals surface area contributed by atoms with Gasteiger partial charge in [0.1, 0.15) is 28.0 Å². The summed E-state index contributed by atoms with van der Waals surface area (Å²) >= 11 is 0. The number of furan rings is 2. The van der Waals surface area contributed by atoms with Crippen LogP contribution in [0.1, 0.15) is 0 Å². The highest BCUT2D eigenvalue weighted by Crippen LogP contribution is 2.39. The highest BCUT2D eigenvalue weighted by atomic mass is 16.3. The molecule has 0 fully saturated rings. The predicted octanol–water partition coefficient (Wildman–Crippen LogP) is 10.8. The van der Waals surface area contributed by atoms with Crippen LogP contribution in [0.3, 0.4) is 0 Å². The molecule has 0 aliphatic carbocycles. The average Bonchev–Trinajstić information content (AvgIpc) is 3.76. The SMILES string of the molecule is c1ccc(-c2nc(-c3ccccc3)nc(-c3cccc4c3oc3cc(-c5nc(-c6ccccc6)c6oc7ccccc7c6n5)ccc34)n2)cc1. The number of hydrogen-bond donors (Lipinski definition) is 0. The lowest BCUT2D eigenvalue weighted by Gasteiger charge is -2.08. The first-order valence-corrected chi connectivity index (χ1v) is 16.3. The fraction of sp³-hybridized carbons (Fsp3) is 0. The van der Waals surface area contributed by atoms with Gasteiger partial charge in [0.2, 0.25) is 0 Å². The summed E-state index contributed by atoms with van der Waals surface area (Å²) in [5.74, 6) is 2.32. The third-order valence-corrected chi connectivity index (χ3v) is 8.96. The number of benzene rings is 6. The van der Waals surface area contributed by atoms with Gasteiger partial charge in [0, 0.05) is 38.4 Å². The highest BCUT2D eigenvalue weighted by Gasteiger charge is 2.21. The summed E-state index contributed by atoms with van der Waals surface area (Å²) in [6, 6.07) is 50.2. The molecule has 0 N–H and O–H groups in total. The molecule has 0 amide bonds. The Labute approximate surface area is 285 Å². The van der Waals surface area contributed by atoms with Crippen LogP contribution < -0.4 is 0 Å². The van der Waals surface area contributed by atoms with E-state index in [9.17, 15) is 0 Å². The van der Waals surface area contributed by atoms with E-state index in [1.165, 1.54) is 0 Å². The molecule has 0 atom stereocenters. The Morgan fingerprint density at radius 1 is 0.340 bits per heavy atom. The summed E-state index contributed by atoms with van der Waals surface area (Å²) in [6.45, 7) is 0. The van der Waals surface area contributed by atoms with Gasteiger partial charge < -0.3 is 8.83 Å². The van der Waals surface area contributed by atoms with Gasteiger partial charge in [-0.15, -0.1) is 0 Å². The molecule has 0 saturated heterocycles. The zero-order valence-corrected chi connectivity index (χ0v) is 26.5. The predicted molar refractivity (Wildman–Crippen MR) is 197 cm³/mol. The number of aromatic nitrogens is 5. The van der Waals surface area contributed by atoms with Crippen molar-refractivity contribution in [3.05, 3.63) is 152 Å². The number of fused-ring (bicyclic) bond motifs is 6. The van der Waals surface area contributed by atoms with Crippen LogP contribution in [0.5, 0.6) is 0 Å². The molecule has 10 aromatic rings. The van der Waals surface area contributed by atoms with E-state index in [0.29, 0.717) is 40.0 Å². The summed E-state index contributed by atoms with van der Waals surface area (Å²) in [4.78, 5) is 24.9. The molecule has 7 heteroatoms. The zero-order chi connectivity index (χ0) is 33.0. The molecule has 6 aromatic carbocycles. The first-order chi connectivity index (χ1) is 24.8. The van der Waals surface area contributed by atoms with Gasteiger partial charge in [0.25, 0.3) is 0 Å². The second-order valence-electron chi connectivity index (χ2n) is 12.1. The maximum atomic E-state index is 6.67. The molecule has 234 valence electrons. The summed E-state index contributed by atoms with van der Waals surface area (Å²) in [7, 11) is 0. The van der Waals surface area contributed by atoms with Crippen LogP contribution in [0.2, 0.25) is 0 Å². The van der Waals surface area contributed by atoms with Crippen LogP contribution in [0.25, 0.3) is 101 Å². The topological polar surface area (TPSA) is 90.7 Å². The summed E-state index contributed by atoms with van der Waals surface area (Å²) < 4.78 is 13.0. The first-order valence-electron chi connectivity index (χ1n) is 16.3. The Morgan fingerprint density at radius 3 is 1.64 bits per heavy atom. The monoisotopic (exact) mass is 643 g/mol. The number of para-hydroxylation sites is 2. The Hall–Kier alpha value is -6.99. The average molecular weight is 644 g/mol. The minimum atomic E-state index is 0.538. The quantitative estimate of drug-likeness (QED) is 0.184. The molecule has 4 heterocycles. The van der Waals surface area contributed by atoms with Gasteiger partial charge in [-0.25, -0.2) is 24.9 Å². The summed E-state index contributed by atoms with van der Waals surface area (Å²) in [6.07, 6.45) is 0. The molecule has 0 saturated carbocycles. The van der Waals surface area contributed by atoms with Crippen molar-refractivity contribution in [1.82, 2.24) is 24.9 Å². The van der Waals surface area contributed by atoms with E-state index in [1.54, 1.807) is 0 Å². The Balaban J connectivity index is 1.15. The smallest absolute Gasteiger partial charge is 0.180 e. The number of hydrogen-bond acceptors (Lipinski definition) is 7. The van der Waals surface area contributed by atoms with E-state index in [2.05, 4.69) is 12.1 Å². The van der Waals surface area contributed by atoms with E-state index >= 15 is 0 Å². The van der Waals surface area contributed by atoms with Crippen molar-refractivity contribution in [2.24, 2.45) is 0 Å². The van der Waals surface area contributed by atoms with Gasteiger partial charge in [-0.05, 0) is 30.3 Å². The van der Waals surface area contributed by atoms with Gasteiger partial charge in [-0.3, -0.25) is 0 Å². The third-order valence-electron chi connectivity index (χ3n) is 8.96. The fourth-order valence-corrected chi connectivity index (χ4v) is 6.55. The van der Waals surface area contributed by atoms with Crippen LogP contribution in [0.4, 0.5) is 0 Å². The lowest BCUT2D eigenvalue weighted by Crippen LogP contribution is -2.00. The minimum absolute atomic E-state index is 0.538. The molecule has 7 nitrogen and oxygen atoms in total. The van der Waals surface area contributed by atoms with Gasteiger partial charge in [-0.1, -0.05) is 121 Å². The molecule has 0 bridgehead atoms. The molecule has 0 radical (unpaired) electrons. The molecule has 0 unspecified atom stereocenters. The van der Waals surface area contributed by atoms with Crippen molar-refractivity contribution in [2.75, 3.05) is 0 Å². The number of rotatable bonds is 5. The lowest BCUT2D eigenvalue weighted by molar-refractivity contribution is 0.667. The van der Waals surface area contributed by atoms with E-state index in [-0.39, 0.29) is 0 Å². The largest absolute Gasteiger partial charge is 0.455 e. The van der Waals surface area contributed by atoms with Crippen molar-refractivity contribution in [2.45, 2.75) is 0 Å². The van der Waals surface area contributed by atoms with E-state index in [1.807, 2.05) is 140 Å². The molecule has 0 aliphatic rings. The molecule has 0 spiro atoms. The standard InChI is InChI=1S/C43H25N5O2/c1-4-13-26(14-5-1)36-39-37(32-19-10-11-22-34(32)49-39)45-42(44-36)29-23-24-30-31-20-12-21-33(38(31)50-35(30)25-29)43-47-40(27-15-6-2-7-16-27)46-41(48-43)28-17-8-3-9-18-28/h1-25H. The zero-order valence-electron chi connectivity index (χ0n) is 26.5. The summed E-state index contributed by atoms with van der Waals surface area (Å²) in [5.41, 5.74) is 8.76. The molecule has 50 heavy (non-hydrogen) atoms. The fourth-order valence-electron chi connectivity index (χ4n) is 6.55. The normalized spacial score (nSPS) is 11.6. The van der Waals surface area contributed by atoms with Gasteiger partial charge in [0.05, 0.1) is 5.56 Å². The van der Waals surface area contributed by atoms with Crippen molar-refractivity contribution >= 4 is 44.0 Å². The second-order valence-corrected chi connectivity index (χ2v) is 12.1.